The number of likely N-dealkylation sites (tertiary alicyclic amines) is 1. The summed E-state index contributed by atoms with van der Waals surface area (Å²) < 4.78 is 0. The lowest BCUT2D eigenvalue weighted by Gasteiger charge is -2.29. The zero-order valence-corrected chi connectivity index (χ0v) is 14.1. The van der Waals surface area contributed by atoms with Crippen molar-refractivity contribution in [2.24, 2.45) is 5.92 Å². The number of nitrogens with one attached hydrogen (secondary N) is 1. The summed E-state index contributed by atoms with van der Waals surface area (Å²) in [6, 6.07) is 0. The molecule has 1 aliphatic heterocycles. The van der Waals surface area contributed by atoms with Gasteiger partial charge in [0.2, 0.25) is 0 Å². The van der Waals surface area contributed by atoms with Crippen LogP contribution in [0.25, 0.3) is 0 Å². The highest BCUT2D eigenvalue weighted by molar-refractivity contribution is 7.11. The summed E-state index contributed by atoms with van der Waals surface area (Å²) >= 11 is 1.92. The average Bonchev–Trinajstić information content (AvgIpc) is 2.81. The van der Waals surface area contributed by atoms with Gasteiger partial charge in [-0.15, -0.1) is 11.3 Å². The quantitative estimate of drug-likeness (QED) is 0.835. The molecule has 0 atom stereocenters. The van der Waals surface area contributed by atoms with E-state index in [1.165, 1.54) is 47.9 Å². The molecule has 1 aromatic rings. The Bertz CT molecular complexity index is 394. The van der Waals surface area contributed by atoms with Crippen molar-refractivity contribution in [2.75, 3.05) is 19.6 Å². The second-order valence-corrected chi connectivity index (χ2v) is 7.13. The molecule has 1 N–H and O–H groups in total. The van der Waals surface area contributed by atoms with Gasteiger partial charge in [-0.3, -0.25) is 4.90 Å². The van der Waals surface area contributed by atoms with Crippen molar-refractivity contribution >= 4 is 11.3 Å². The Hall–Kier alpha value is -0.450. The zero-order valence-electron chi connectivity index (χ0n) is 13.2. The van der Waals surface area contributed by atoms with Crippen LogP contribution in [-0.4, -0.2) is 29.5 Å². The molecule has 0 bridgehead atoms. The van der Waals surface area contributed by atoms with E-state index in [1.807, 2.05) is 11.3 Å². The monoisotopic (exact) mass is 295 g/mol. The Balaban J connectivity index is 1.96. The average molecular weight is 295 g/mol. The number of rotatable bonds is 7. The molecule has 1 saturated heterocycles. The molecule has 0 spiro atoms. The van der Waals surface area contributed by atoms with Crippen LogP contribution in [0.5, 0.6) is 0 Å². The normalized spacial score (nSPS) is 17.8. The number of piperidine rings is 1. The Kier molecular flexibility index (Phi) is 6.46. The van der Waals surface area contributed by atoms with Crippen LogP contribution < -0.4 is 5.32 Å². The van der Waals surface area contributed by atoms with Crippen LogP contribution in [0, 0.1) is 5.92 Å². The first-order chi connectivity index (χ1) is 9.72. The number of hydrogen-bond donors (Lipinski definition) is 1. The fourth-order valence-corrected chi connectivity index (χ4v) is 3.85. The van der Waals surface area contributed by atoms with Gasteiger partial charge in [0.05, 0.1) is 12.2 Å². The summed E-state index contributed by atoms with van der Waals surface area (Å²) in [5.74, 6) is 0.905. The third-order valence-corrected chi connectivity index (χ3v) is 5.16. The lowest BCUT2D eigenvalue weighted by Crippen LogP contribution is -2.32. The smallest absolute Gasteiger partial charge is 0.107 e. The van der Waals surface area contributed by atoms with Crippen LogP contribution in [0.3, 0.4) is 0 Å². The van der Waals surface area contributed by atoms with E-state index in [0.717, 1.165) is 32.0 Å². The van der Waals surface area contributed by atoms with Crippen molar-refractivity contribution in [1.82, 2.24) is 15.2 Å². The SMILES string of the molecule is CCCc1nc(CN2CCC(C)CC2)sc1CNCC. The van der Waals surface area contributed by atoms with E-state index in [9.17, 15) is 0 Å². The van der Waals surface area contributed by atoms with Gasteiger partial charge >= 0.3 is 0 Å². The molecule has 0 unspecified atom stereocenters. The van der Waals surface area contributed by atoms with Crippen molar-refractivity contribution in [3.8, 4) is 0 Å². The lowest BCUT2D eigenvalue weighted by molar-refractivity contribution is 0.185. The van der Waals surface area contributed by atoms with Gasteiger partial charge in [0.15, 0.2) is 0 Å². The largest absolute Gasteiger partial charge is 0.312 e. The van der Waals surface area contributed by atoms with Crippen LogP contribution in [0.4, 0.5) is 0 Å². The maximum absolute atomic E-state index is 4.90. The van der Waals surface area contributed by atoms with Gasteiger partial charge < -0.3 is 5.32 Å². The molecule has 2 rings (SSSR count). The highest BCUT2D eigenvalue weighted by Gasteiger charge is 2.18. The van der Waals surface area contributed by atoms with Crippen LogP contribution >= 0.6 is 11.3 Å². The van der Waals surface area contributed by atoms with Gasteiger partial charge in [-0.1, -0.05) is 27.2 Å². The first kappa shape index (κ1) is 15.9. The maximum atomic E-state index is 4.90. The topological polar surface area (TPSA) is 28.2 Å². The Morgan fingerprint density at radius 2 is 2.05 bits per heavy atom. The van der Waals surface area contributed by atoms with Gasteiger partial charge in [-0.05, 0) is 44.8 Å². The molecule has 0 saturated carbocycles. The molecule has 0 amide bonds. The van der Waals surface area contributed by atoms with Gasteiger partial charge in [-0.25, -0.2) is 4.98 Å². The van der Waals surface area contributed by atoms with E-state index in [4.69, 9.17) is 4.98 Å². The summed E-state index contributed by atoms with van der Waals surface area (Å²) in [5.41, 5.74) is 1.33. The van der Waals surface area contributed by atoms with E-state index in [2.05, 4.69) is 31.0 Å². The molecule has 4 heteroatoms. The molecule has 2 heterocycles. The minimum atomic E-state index is 0.905. The second kappa shape index (κ2) is 8.11. The molecule has 1 aromatic heterocycles. The summed E-state index contributed by atoms with van der Waals surface area (Å²) in [4.78, 5) is 8.93. The van der Waals surface area contributed by atoms with Crippen molar-refractivity contribution in [1.29, 1.82) is 0 Å². The summed E-state index contributed by atoms with van der Waals surface area (Å²) in [7, 11) is 0. The predicted octanol–water partition coefficient (Wildman–Crippen LogP) is 3.44. The standard InChI is InChI=1S/C16H29N3S/c1-4-6-14-15(11-17-5-2)20-16(18-14)12-19-9-7-13(3)8-10-19/h13,17H,4-12H2,1-3H3. The van der Waals surface area contributed by atoms with Crippen molar-refractivity contribution in [3.63, 3.8) is 0 Å². The molecule has 3 nitrogen and oxygen atoms in total. The fraction of sp³-hybridized carbons (Fsp3) is 0.812. The van der Waals surface area contributed by atoms with Crippen LogP contribution in [0.2, 0.25) is 0 Å². The van der Waals surface area contributed by atoms with E-state index >= 15 is 0 Å². The van der Waals surface area contributed by atoms with Crippen molar-refractivity contribution in [2.45, 2.75) is 59.5 Å². The van der Waals surface area contributed by atoms with Gasteiger partial charge in [0, 0.05) is 11.4 Å². The van der Waals surface area contributed by atoms with Crippen LogP contribution in [0.15, 0.2) is 0 Å². The number of hydrogen-bond acceptors (Lipinski definition) is 4. The Morgan fingerprint density at radius 1 is 1.30 bits per heavy atom. The first-order valence-corrected chi connectivity index (χ1v) is 8.95. The molecule has 0 radical (unpaired) electrons. The minimum absolute atomic E-state index is 0.905. The third-order valence-electron chi connectivity index (χ3n) is 4.08. The zero-order chi connectivity index (χ0) is 14.4. The highest BCUT2D eigenvalue weighted by Crippen LogP contribution is 2.24. The number of thiazole rings is 1. The predicted molar refractivity (Wildman–Crippen MR) is 87.2 cm³/mol. The van der Waals surface area contributed by atoms with Crippen LogP contribution in [-0.2, 0) is 19.5 Å². The second-order valence-electron chi connectivity index (χ2n) is 5.97. The molecular formula is C16H29N3S. The molecule has 114 valence electrons. The molecular weight excluding hydrogens is 266 g/mol. The Labute approximate surface area is 127 Å². The maximum Gasteiger partial charge on any atom is 0.107 e. The molecule has 0 aliphatic carbocycles. The number of aryl methyl sites for hydroxylation is 1. The van der Waals surface area contributed by atoms with Crippen molar-refractivity contribution < 1.29 is 0 Å². The highest BCUT2D eigenvalue weighted by atomic mass is 32.1. The lowest BCUT2D eigenvalue weighted by atomic mass is 9.99. The van der Waals surface area contributed by atoms with Gasteiger partial charge in [0.1, 0.15) is 5.01 Å². The van der Waals surface area contributed by atoms with Gasteiger partial charge in [0.25, 0.3) is 0 Å². The first-order valence-electron chi connectivity index (χ1n) is 8.13. The summed E-state index contributed by atoms with van der Waals surface area (Å²) in [6.07, 6.45) is 4.99. The molecule has 0 aromatic carbocycles. The third kappa shape index (κ3) is 4.54. The van der Waals surface area contributed by atoms with Gasteiger partial charge in [-0.2, -0.15) is 0 Å². The molecule has 1 aliphatic rings. The number of nitrogens with zero attached hydrogens (tertiary/aromatic N) is 2. The van der Waals surface area contributed by atoms with Crippen molar-refractivity contribution in [3.05, 3.63) is 15.6 Å². The summed E-state index contributed by atoms with van der Waals surface area (Å²) in [5, 5.41) is 4.76. The molecule has 20 heavy (non-hydrogen) atoms. The van der Waals surface area contributed by atoms with E-state index < -0.39 is 0 Å². The molecule has 1 fully saturated rings. The van der Waals surface area contributed by atoms with E-state index in [-0.39, 0.29) is 0 Å². The minimum Gasteiger partial charge on any atom is -0.312 e. The fourth-order valence-electron chi connectivity index (χ4n) is 2.72. The van der Waals surface area contributed by atoms with E-state index in [0.29, 0.717) is 0 Å². The Morgan fingerprint density at radius 3 is 2.70 bits per heavy atom. The van der Waals surface area contributed by atoms with Crippen LogP contribution in [0.1, 0.15) is 55.6 Å². The number of aromatic nitrogens is 1. The summed E-state index contributed by atoms with van der Waals surface area (Å²) in [6.45, 7) is 12.3. The van der Waals surface area contributed by atoms with E-state index in [1.54, 1.807) is 0 Å².